The number of halogens is 1. The zero-order chi connectivity index (χ0) is 12.7. The Bertz CT molecular complexity index is 417. The highest BCUT2D eigenvalue weighted by atomic mass is 35.5. The summed E-state index contributed by atoms with van der Waals surface area (Å²) >= 11 is 5.82. The minimum Gasteiger partial charge on any atom is -0.281 e. The number of nitrogens with one attached hydrogen (secondary N) is 1. The van der Waals surface area contributed by atoms with Crippen LogP contribution in [-0.2, 0) is 6.42 Å². The van der Waals surface area contributed by atoms with E-state index in [-0.39, 0.29) is 6.04 Å². The van der Waals surface area contributed by atoms with Gasteiger partial charge < -0.3 is 0 Å². The van der Waals surface area contributed by atoms with Gasteiger partial charge in [0.1, 0.15) is 5.84 Å². The first-order valence-corrected chi connectivity index (χ1v) is 5.93. The molecular formula is C13H16ClN3. The van der Waals surface area contributed by atoms with Crippen LogP contribution < -0.4 is 5.32 Å². The number of benzene rings is 1. The molecule has 1 aromatic carbocycles. The highest BCUT2D eigenvalue weighted by Gasteiger charge is 2.01. The number of nitrogens with zero attached hydrogens (tertiary/aromatic N) is 2. The molecule has 1 aromatic rings. The van der Waals surface area contributed by atoms with Crippen molar-refractivity contribution in [3.05, 3.63) is 34.9 Å². The Kier molecular flexibility index (Phi) is 5.51. The number of nitriles is 1. The SMILES string of the molecule is CC(=N[C@@H](C)CCc1ccc(Cl)cc1)NC#N. The van der Waals surface area contributed by atoms with Gasteiger partial charge in [-0.25, -0.2) is 0 Å². The summed E-state index contributed by atoms with van der Waals surface area (Å²) in [6, 6.07) is 8.05. The van der Waals surface area contributed by atoms with Gasteiger partial charge in [0, 0.05) is 11.1 Å². The van der Waals surface area contributed by atoms with E-state index in [2.05, 4.69) is 10.3 Å². The van der Waals surface area contributed by atoms with Crippen LogP contribution in [0.15, 0.2) is 29.3 Å². The largest absolute Gasteiger partial charge is 0.281 e. The lowest BCUT2D eigenvalue weighted by atomic mass is 10.1. The second kappa shape index (κ2) is 6.93. The molecule has 0 amide bonds. The van der Waals surface area contributed by atoms with Crippen LogP contribution in [0.5, 0.6) is 0 Å². The average molecular weight is 250 g/mol. The van der Waals surface area contributed by atoms with Crippen molar-refractivity contribution in [1.29, 1.82) is 5.26 Å². The van der Waals surface area contributed by atoms with Crippen molar-refractivity contribution >= 4 is 17.4 Å². The molecule has 1 rings (SSSR count). The van der Waals surface area contributed by atoms with Gasteiger partial charge in [-0.05, 0) is 44.4 Å². The van der Waals surface area contributed by atoms with E-state index in [0.29, 0.717) is 5.84 Å². The Morgan fingerprint density at radius 3 is 2.71 bits per heavy atom. The monoisotopic (exact) mass is 249 g/mol. The van der Waals surface area contributed by atoms with E-state index in [1.165, 1.54) is 5.56 Å². The van der Waals surface area contributed by atoms with Crippen LogP contribution in [0.1, 0.15) is 25.8 Å². The number of aliphatic imine (C=N–C) groups is 1. The molecule has 1 atom stereocenters. The third kappa shape index (κ3) is 5.37. The Labute approximate surface area is 107 Å². The van der Waals surface area contributed by atoms with Gasteiger partial charge >= 0.3 is 0 Å². The molecule has 0 saturated carbocycles. The molecule has 0 unspecified atom stereocenters. The van der Waals surface area contributed by atoms with Crippen molar-refractivity contribution in [3.63, 3.8) is 0 Å². The molecule has 4 heteroatoms. The van der Waals surface area contributed by atoms with Gasteiger partial charge in [0.2, 0.25) is 0 Å². The molecule has 0 aliphatic rings. The third-order valence-electron chi connectivity index (χ3n) is 2.41. The third-order valence-corrected chi connectivity index (χ3v) is 2.67. The molecular weight excluding hydrogens is 234 g/mol. The summed E-state index contributed by atoms with van der Waals surface area (Å²) in [6.45, 7) is 3.83. The van der Waals surface area contributed by atoms with E-state index < -0.39 is 0 Å². The molecule has 0 saturated heterocycles. The lowest BCUT2D eigenvalue weighted by molar-refractivity contribution is 0.665. The van der Waals surface area contributed by atoms with Gasteiger partial charge in [-0.3, -0.25) is 10.3 Å². The Morgan fingerprint density at radius 2 is 2.12 bits per heavy atom. The van der Waals surface area contributed by atoms with Crippen molar-refractivity contribution in [1.82, 2.24) is 5.32 Å². The number of aryl methyl sites for hydroxylation is 1. The molecule has 3 nitrogen and oxygen atoms in total. The molecule has 17 heavy (non-hydrogen) atoms. The maximum absolute atomic E-state index is 8.43. The topological polar surface area (TPSA) is 48.2 Å². The van der Waals surface area contributed by atoms with E-state index in [0.717, 1.165) is 17.9 Å². The Morgan fingerprint density at radius 1 is 1.47 bits per heavy atom. The molecule has 90 valence electrons. The Balaban J connectivity index is 2.43. The van der Waals surface area contributed by atoms with Gasteiger partial charge in [0.15, 0.2) is 6.19 Å². The maximum Gasteiger partial charge on any atom is 0.182 e. The predicted molar refractivity (Wildman–Crippen MR) is 71.1 cm³/mol. The summed E-state index contributed by atoms with van der Waals surface area (Å²) in [6.07, 6.45) is 3.77. The van der Waals surface area contributed by atoms with Crippen LogP contribution in [0.2, 0.25) is 5.02 Å². The number of rotatable bonds is 4. The van der Waals surface area contributed by atoms with Gasteiger partial charge in [0.05, 0.1) is 0 Å². The second-order valence-corrected chi connectivity index (χ2v) is 4.40. The van der Waals surface area contributed by atoms with Crippen molar-refractivity contribution < 1.29 is 0 Å². The highest BCUT2D eigenvalue weighted by molar-refractivity contribution is 6.30. The summed E-state index contributed by atoms with van der Waals surface area (Å²) in [5.74, 6) is 0.663. The molecule has 0 aromatic heterocycles. The second-order valence-electron chi connectivity index (χ2n) is 3.97. The minimum atomic E-state index is 0.200. The van der Waals surface area contributed by atoms with E-state index >= 15 is 0 Å². The number of hydrogen-bond acceptors (Lipinski definition) is 2. The lowest BCUT2D eigenvalue weighted by Gasteiger charge is -2.07. The zero-order valence-corrected chi connectivity index (χ0v) is 10.8. The predicted octanol–water partition coefficient (Wildman–Crippen LogP) is 3.15. The summed E-state index contributed by atoms with van der Waals surface area (Å²) in [4.78, 5) is 4.36. The van der Waals surface area contributed by atoms with Crippen LogP contribution in [0.3, 0.4) is 0 Å². The Hall–Kier alpha value is -1.53. The normalized spacial score (nSPS) is 12.9. The van der Waals surface area contributed by atoms with Gasteiger partial charge in [-0.1, -0.05) is 23.7 Å². The quantitative estimate of drug-likeness (QED) is 0.386. The first kappa shape index (κ1) is 13.5. The van der Waals surface area contributed by atoms with Crippen LogP contribution in [0, 0.1) is 11.5 Å². The van der Waals surface area contributed by atoms with Crippen LogP contribution in [0.25, 0.3) is 0 Å². The lowest BCUT2D eigenvalue weighted by Crippen LogP contribution is -2.16. The van der Waals surface area contributed by atoms with Gasteiger partial charge in [0.25, 0.3) is 0 Å². The molecule has 0 radical (unpaired) electrons. The fourth-order valence-corrected chi connectivity index (χ4v) is 1.66. The zero-order valence-electron chi connectivity index (χ0n) is 10.1. The molecule has 0 bridgehead atoms. The fraction of sp³-hybridized carbons (Fsp3) is 0.385. The summed E-state index contributed by atoms with van der Waals surface area (Å²) in [5.41, 5.74) is 1.25. The number of hydrogen-bond donors (Lipinski definition) is 1. The van der Waals surface area contributed by atoms with E-state index in [4.69, 9.17) is 16.9 Å². The molecule has 0 spiro atoms. The van der Waals surface area contributed by atoms with Crippen molar-refractivity contribution in [2.45, 2.75) is 32.7 Å². The summed E-state index contributed by atoms with van der Waals surface area (Å²) in [5, 5.41) is 11.7. The molecule has 0 fully saturated rings. The smallest absolute Gasteiger partial charge is 0.182 e. The molecule has 1 N–H and O–H groups in total. The summed E-state index contributed by atoms with van der Waals surface area (Å²) < 4.78 is 0. The molecule has 0 aliphatic heterocycles. The van der Waals surface area contributed by atoms with Crippen LogP contribution in [-0.4, -0.2) is 11.9 Å². The van der Waals surface area contributed by atoms with Crippen LogP contribution >= 0.6 is 11.6 Å². The van der Waals surface area contributed by atoms with E-state index in [9.17, 15) is 0 Å². The summed E-state index contributed by atoms with van der Waals surface area (Å²) in [7, 11) is 0. The molecule has 0 aliphatic carbocycles. The average Bonchev–Trinajstić information content (AvgIpc) is 2.28. The number of amidine groups is 1. The highest BCUT2D eigenvalue weighted by Crippen LogP contribution is 2.12. The fourth-order valence-electron chi connectivity index (χ4n) is 1.53. The van der Waals surface area contributed by atoms with E-state index in [1.807, 2.05) is 37.4 Å². The van der Waals surface area contributed by atoms with E-state index in [1.54, 1.807) is 6.92 Å². The standard InChI is InChI=1S/C13H16ClN3/c1-10(17-11(2)16-9-15)3-4-12-5-7-13(14)8-6-12/h5-8,10H,3-4H2,1-2H3,(H,16,17)/t10-/m0/s1. The van der Waals surface area contributed by atoms with Gasteiger partial charge in [-0.15, -0.1) is 0 Å². The first-order chi connectivity index (χ1) is 8.11. The van der Waals surface area contributed by atoms with Crippen molar-refractivity contribution in [3.8, 4) is 6.19 Å². The van der Waals surface area contributed by atoms with Crippen molar-refractivity contribution in [2.24, 2.45) is 4.99 Å². The minimum absolute atomic E-state index is 0.200. The van der Waals surface area contributed by atoms with Gasteiger partial charge in [-0.2, -0.15) is 5.26 Å². The molecule has 0 heterocycles. The van der Waals surface area contributed by atoms with Crippen LogP contribution in [0.4, 0.5) is 0 Å². The maximum atomic E-state index is 8.43. The first-order valence-electron chi connectivity index (χ1n) is 5.55. The van der Waals surface area contributed by atoms with Crippen molar-refractivity contribution in [2.75, 3.05) is 0 Å².